The molecule has 17 heavy (non-hydrogen) atoms. The van der Waals surface area contributed by atoms with Gasteiger partial charge in [0.05, 0.1) is 5.75 Å². The van der Waals surface area contributed by atoms with Gasteiger partial charge < -0.3 is 5.73 Å². The summed E-state index contributed by atoms with van der Waals surface area (Å²) in [7, 11) is -3.14. The highest BCUT2D eigenvalue weighted by Gasteiger charge is 2.20. The molecule has 0 aromatic heterocycles. The highest BCUT2D eigenvalue weighted by Crippen LogP contribution is 2.22. The molecule has 5 heteroatoms. The summed E-state index contributed by atoms with van der Waals surface area (Å²) < 4.78 is 25.9. The van der Waals surface area contributed by atoms with Crippen LogP contribution in [-0.4, -0.2) is 27.3 Å². The van der Waals surface area contributed by atoms with Gasteiger partial charge in [0.1, 0.15) is 0 Å². The van der Waals surface area contributed by atoms with E-state index >= 15 is 0 Å². The van der Waals surface area contributed by atoms with E-state index < -0.39 is 10.0 Å². The number of unbranched alkanes of at least 4 members (excludes halogenated alkanes) is 2. The average Bonchev–Trinajstić information content (AvgIpc) is 2.25. The summed E-state index contributed by atoms with van der Waals surface area (Å²) in [5, 5.41) is 0. The Morgan fingerprint density at radius 1 is 1.18 bits per heavy atom. The van der Waals surface area contributed by atoms with Gasteiger partial charge >= 0.3 is 0 Å². The molecule has 0 fully saturated rings. The highest BCUT2D eigenvalue weighted by molar-refractivity contribution is 7.89. The Morgan fingerprint density at radius 3 is 2.35 bits per heavy atom. The van der Waals surface area contributed by atoms with E-state index in [0.717, 1.165) is 12.8 Å². The minimum Gasteiger partial charge on any atom is -0.330 e. The molecule has 0 aliphatic rings. The van der Waals surface area contributed by atoms with E-state index in [2.05, 4.69) is 25.5 Å². The van der Waals surface area contributed by atoms with Crippen molar-refractivity contribution in [3.63, 3.8) is 0 Å². The zero-order chi connectivity index (χ0) is 13.4. The second kappa shape index (κ2) is 8.06. The lowest BCUT2D eigenvalue weighted by Crippen LogP contribution is -2.35. The largest absolute Gasteiger partial charge is 0.330 e. The molecule has 0 aliphatic carbocycles. The lowest BCUT2D eigenvalue weighted by atomic mass is 9.87. The molecule has 0 aliphatic heterocycles. The summed E-state index contributed by atoms with van der Waals surface area (Å²) >= 11 is 0. The third kappa shape index (κ3) is 9.56. The van der Waals surface area contributed by atoms with E-state index in [4.69, 9.17) is 5.73 Å². The van der Waals surface area contributed by atoms with Crippen LogP contribution in [0.3, 0.4) is 0 Å². The van der Waals surface area contributed by atoms with E-state index in [-0.39, 0.29) is 11.2 Å². The molecular weight excluding hydrogens is 236 g/mol. The number of nitrogens with one attached hydrogen (secondary N) is 1. The molecule has 0 amide bonds. The summed E-state index contributed by atoms with van der Waals surface area (Å²) in [4.78, 5) is 0. The van der Waals surface area contributed by atoms with E-state index in [0.29, 0.717) is 19.5 Å². The van der Waals surface area contributed by atoms with Crippen molar-refractivity contribution < 1.29 is 8.42 Å². The van der Waals surface area contributed by atoms with Crippen LogP contribution in [-0.2, 0) is 10.0 Å². The molecule has 0 unspecified atom stereocenters. The van der Waals surface area contributed by atoms with Crippen molar-refractivity contribution in [2.24, 2.45) is 11.1 Å². The van der Waals surface area contributed by atoms with Gasteiger partial charge in [-0.3, -0.25) is 0 Å². The fourth-order valence-corrected chi connectivity index (χ4v) is 2.89. The number of nitrogens with two attached hydrogens (primary N) is 1. The number of sulfonamides is 1. The monoisotopic (exact) mass is 264 g/mol. The molecule has 0 aromatic carbocycles. The Morgan fingerprint density at radius 2 is 1.82 bits per heavy atom. The Labute approximate surface area is 106 Å². The van der Waals surface area contributed by atoms with Crippen LogP contribution in [0.1, 0.15) is 52.9 Å². The van der Waals surface area contributed by atoms with Crippen molar-refractivity contribution >= 4 is 10.0 Å². The normalized spacial score (nSPS) is 12.9. The number of hydrogen-bond donors (Lipinski definition) is 2. The van der Waals surface area contributed by atoms with Crippen LogP contribution in [0.4, 0.5) is 0 Å². The standard InChI is InChI=1S/C12H28N2O2S/c1-4-5-6-8-12(2,3)11-14-17(15,16)10-7-9-13/h14H,4-11,13H2,1-3H3. The first-order valence-electron chi connectivity index (χ1n) is 6.50. The van der Waals surface area contributed by atoms with Crippen LogP contribution >= 0.6 is 0 Å². The predicted molar refractivity (Wildman–Crippen MR) is 73.4 cm³/mol. The van der Waals surface area contributed by atoms with E-state index in [1.807, 2.05) is 0 Å². The van der Waals surface area contributed by atoms with Crippen LogP contribution in [0.5, 0.6) is 0 Å². The van der Waals surface area contributed by atoms with Crippen LogP contribution < -0.4 is 10.5 Å². The topological polar surface area (TPSA) is 72.2 Å². The Bertz CT molecular complexity index is 287. The molecule has 104 valence electrons. The molecule has 3 N–H and O–H groups in total. The van der Waals surface area contributed by atoms with Crippen molar-refractivity contribution in [3.05, 3.63) is 0 Å². The molecule has 0 bridgehead atoms. The second-order valence-corrected chi connectivity index (χ2v) is 7.33. The van der Waals surface area contributed by atoms with Gasteiger partial charge in [0.15, 0.2) is 0 Å². The zero-order valence-corrected chi connectivity index (χ0v) is 12.3. The van der Waals surface area contributed by atoms with Gasteiger partial charge in [0.25, 0.3) is 0 Å². The lowest BCUT2D eigenvalue weighted by molar-refractivity contribution is 0.320. The average molecular weight is 264 g/mol. The first-order chi connectivity index (χ1) is 7.83. The summed E-state index contributed by atoms with van der Waals surface area (Å²) in [5.41, 5.74) is 5.34. The molecule has 0 saturated carbocycles. The first kappa shape index (κ1) is 16.9. The molecule has 0 aromatic rings. The molecule has 0 radical (unpaired) electrons. The number of hydrogen-bond acceptors (Lipinski definition) is 3. The quantitative estimate of drug-likeness (QED) is 0.592. The summed E-state index contributed by atoms with van der Waals surface area (Å²) in [6, 6.07) is 0. The maximum absolute atomic E-state index is 11.6. The number of rotatable bonds is 10. The van der Waals surface area contributed by atoms with E-state index in [9.17, 15) is 8.42 Å². The molecule has 4 nitrogen and oxygen atoms in total. The molecular formula is C12H28N2O2S. The van der Waals surface area contributed by atoms with E-state index in [1.54, 1.807) is 0 Å². The maximum atomic E-state index is 11.6. The van der Waals surface area contributed by atoms with Gasteiger partial charge in [-0.15, -0.1) is 0 Å². The van der Waals surface area contributed by atoms with E-state index in [1.165, 1.54) is 12.8 Å². The van der Waals surface area contributed by atoms with Crippen LogP contribution in [0, 0.1) is 5.41 Å². The fraction of sp³-hybridized carbons (Fsp3) is 1.00. The summed E-state index contributed by atoms with van der Waals surface area (Å²) in [5.74, 6) is 0.133. The van der Waals surface area contributed by atoms with Gasteiger partial charge in [-0.1, -0.05) is 40.0 Å². The van der Waals surface area contributed by atoms with Crippen molar-refractivity contribution in [2.45, 2.75) is 52.9 Å². The predicted octanol–water partition coefficient (Wildman–Crippen LogP) is 1.86. The van der Waals surface area contributed by atoms with Gasteiger partial charge in [0, 0.05) is 6.54 Å². The Balaban J connectivity index is 3.98. The molecule has 0 rings (SSSR count). The van der Waals surface area contributed by atoms with Crippen LogP contribution in [0.15, 0.2) is 0 Å². The highest BCUT2D eigenvalue weighted by atomic mass is 32.2. The molecule has 0 atom stereocenters. The molecule has 0 heterocycles. The van der Waals surface area contributed by atoms with Gasteiger partial charge in [-0.05, 0) is 24.8 Å². The third-order valence-corrected chi connectivity index (χ3v) is 4.26. The van der Waals surface area contributed by atoms with Gasteiger partial charge in [-0.25, -0.2) is 13.1 Å². The van der Waals surface area contributed by atoms with Crippen molar-refractivity contribution in [2.75, 3.05) is 18.8 Å². The summed E-state index contributed by atoms with van der Waals surface area (Å²) in [6.45, 7) is 7.31. The SMILES string of the molecule is CCCCCC(C)(C)CNS(=O)(=O)CCCN. The van der Waals surface area contributed by atoms with Gasteiger partial charge in [0.2, 0.25) is 10.0 Å². The maximum Gasteiger partial charge on any atom is 0.211 e. The van der Waals surface area contributed by atoms with Gasteiger partial charge in [-0.2, -0.15) is 0 Å². The first-order valence-corrected chi connectivity index (χ1v) is 8.15. The minimum absolute atomic E-state index is 0.0327. The zero-order valence-electron chi connectivity index (χ0n) is 11.5. The Hall–Kier alpha value is -0.130. The van der Waals surface area contributed by atoms with Crippen molar-refractivity contribution in [1.29, 1.82) is 0 Å². The fourth-order valence-electron chi connectivity index (χ4n) is 1.59. The minimum atomic E-state index is -3.14. The lowest BCUT2D eigenvalue weighted by Gasteiger charge is -2.24. The van der Waals surface area contributed by atoms with Crippen molar-refractivity contribution in [3.8, 4) is 0 Å². The smallest absolute Gasteiger partial charge is 0.211 e. The molecule has 0 saturated heterocycles. The third-order valence-electron chi connectivity index (χ3n) is 2.84. The summed E-state index contributed by atoms with van der Waals surface area (Å²) in [6.07, 6.45) is 5.14. The van der Waals surface area contributed by atoms with Crippen LogP contribution in [0.2, 0.25) is 0 Å². The Kier molecular flexibility index (Phi) is 8.00. The second-order valence-electron chi connectivity index (χ2n) is 5.40. The van der Waals surface area contributed by atoms with Crippen molar-refractivity contribution in [1.82, 2.24) is 4.72 Å². The van der Waals surface area contributed by atoms with Crippen LogP contribution in [0.25, 0.3) is 0 Å². The molecule has 0 spiro atoms.